The highest BCUT2D eigenvalue weighted by Gasteiger charge is 2.20. The molecule has 1 aromatic heterocycles. The lowest BCUT2D eigenvalue weighted by atomic mass is 9.84. The van der Waals surface area contributed by atoms with Gasteiger partial charge in [-0.05, 0) is 96.9 Å². The van der Waals surface area contributed by atoms with Crippen LogP contribution in [0.1, 0.15) is 5.56 Å². The van der Waals surface area contributed by atoms with Crippen LogP contribution in [0.2, 0.25) is 0 Å². The van der Waals surface area contributed by atoms with Crippen LogP contribution in [-0.2, 0) is 0 Å². The minimum absolute atomic E-state index is 1.14. The molecule has 0 aliphatic heterocycles. The third kappa shape index (κ3) is 4.63. The van der Waals surface area contributed by atoms with E-state index >= 15 is 0 Å². The van der Waals surface area contributed by atoms with E-state index in [2.05, 4.69) is 193 Å². The van der Waals surface area contributed by atoms with Crippen molar-refractivity contribution in [2.75, 3.05) is 0 Å². The topological polar surface area (TPSA) is 4.93 Å². The Hall–Kier alpha value is -6.18. The highest BCUT2D eigenvalue weighted by Crippen LogP contribution is 2.46. The minimum atomic E-state index is 1.14. The van der Waals surface area contributed by atoms with Crippen LogP contribution in [0.15, 0.2) is 182 Å². The molecule has 1 nitrogen and oxygen atoms in total. The summed E-state index contributed by atoms with van der Waals surface area (Å²) in [6.07, 6.45) is 0. The van der Waals surface area contributed by atoms with Crippen LogP contribution in [0.4, 0.5) is 0 Å². The summed E-state index contributed by atoms with van der Waals surface area (Å²) in [5.74, 6) is 0. The van der Waals surface area contributed by atoms with Gasteiger partial charge in [-0.15, -0.1) is 0 Å². The Bertz CT molecular complexity index is 2530. The van der Waals surface area contributed by atoms with Crippen LogP contribution >= 0.6 is 0 Å². The molecule has 0 amide bonds. The summed E-state index contributed by atoms with van der Waals surface area (Å²) in [6, 6.07) is 66.4. The van der Waals surface area contributed by atoms with Crippen LogP contribution in [0, 0.1) is 6.92 Å². The molecule has 226 valence electrons. The average molecular weight is 612 g/mol. The van der Waals surface area contributed by atoms with Gasteiger partial charge in [-0.2, -0.15) is 0 Å². The number of aryl methyl sites for hydroxylation is 1. The van der Waals surface area contributed by atoms with E-state index in [1.54, 1.807) is 0 Å². The monoisotopic (exact) mass is 611 g/mol. The second kappa shape index (κ2) is 11.6. The Balaban J connectivity index is 1.42. The van der Waals surface area contributed by atoms with E-state index < -0.39 is 0 Å². The second-order valence-corrected chi connectivity index (χ2v) is 12.6. The summed E-state index contributed by atoms with van der Waals surface area (Å²) >= 11 is 0. The van der Waals surface area contributed by atoms with Gasteiger partial charge in [-0.1, -0.05) is 163 Å². The van der Waals surface area contributed by atoms with E-state index in [9.17, 15) is 0 Å². The molecular formula is C47H33N. The Morgan fingerprint density at radius 1 is 0.354 bits per heavy atom. The molecule has 9 rings (SSSR count). The first-order chi connectivity index (χ1) is 23.7. The molecule has 0 aliphatic carbocycles. The summed E-state index contributed by atoms with van der Waals surface area (Å²) < 4.78 is 2.43. The molecule has 1 heteroatoms. The number of hydrogen-bond acceptors (Lipinski definition) is 0. The van der Waals surface area contributed by atoms with Crippen LogP contribution in [0.25, 0.3) is 82.8 Å². The van der Waals surface area contributed by atoms with Gasteiger partial charge in [0.15, 0.2) is 0 Å². The van der Waals surface area contributed by atoms with Crippen LogP contribution in [0.5, 0.6) is 0 Å². The zero-order chi connectivity index (χ0) is 32.0. The zero-order valence-electron chi connectivity index (χ0n) is 26.8. The molecule has 0 bridgehead atoms. The van der Waals surface area contributed by atoms with Crippen molar-refractivity contribution < 1.29 is 0 Å². The fraction of sp³-hybridized carbons (Fsp3) is 0.0213. The molecule has 0 N–H and O–H groups in total. The molecule has 0 radical (unpaired) electrons. The van der Waals surface area contributed by atoms with Crippen molar-refractivity contribution in [2.45, 2.75) is 6.92 Å². The van der Waals surface area contributed by atoms with E-state index in [1.165, 1.54) is 82.6 Å². The van der Waals surface area contributed by atoms with Crippen molar-refractivity contribution in [3.8, 4) is 50.5 Å². The summed E-state index contributed by atoms with van der Waals surface area (Å²) in [5, 5.41) is 7.53. The molecule has 0 saturated carbocycles. The van der Waals surface area contributed by atoms with Crippen molar-refractivity contribution in [3.63, 3.8) is 0 Å². The first-order valence-corrected chi connectivity index (χ1v) is 16.6. The quantitative estimate of drug-likeness (QED) is 0.171. The molecule has 0 fully saturated rings. The number of aromatic nitrogens is 1. The maximum Gasteiger partial charge on any atom is 0.0535 e. The molecule has 0 unspecified atom stereocenters. The molecular weight excluding hydrogens is 579 g/mol. The van der Waals surface area contributed by atoms with Crippen molar-refractivity contribution in [1.29, 1.82) is 0 Å². The van der Waals surface area contributed by atoms with E-state index in [4.69, 9.17) is 0 Å². The van der Waals surface area contributed by atoms with Crippen molar-refractivity contribution >= 4 is 32.3 Å². The number of rotatable bonds is 5. The van der Waals surface area contributed by atoms with Crippen molar-refractivity contribution in [2.24, 2.45) is 0 Å². The van der Waals surface area contributed by atoms with E-state index in [-0.39, 0.29) is 0 Å². The zero-order valence-corrected chi connectivity index (χ0v) is 26.8. The van der Waals surface area contributed by atoms with Gasteiger partial charge in [0.1, 0.15) is 0 Å². The van der Waals surface area contributed by atoms with Gasteiger partial charge >= 0.3 is 0 Å². The standard InChI is InChI=1S/C47H33N/c1-32-23-25-36(26-24-32)46-40-20-10-11-21-41(40)47(39-22-12-18-33-13-8-9-19-38(33)39)42-28-27-37(31-43(42)46)48-44(34-14-4-2-5-15-34)29-30-45(48)35-16-6-3-7-17-35/h2-31H,1H3. The van der Waals surface area contributed by atoms with Gasteiger partial charge in [0.25, 0.3) is 0 Å². The number of nitrogens with zero attached hydrogens (tertiary/aromatic N) is 1. The fourth-order valence-corrected chi connectivity index (χ4v) is 7.45. The van der Waals surface area contributed by atoms with E-state index in [0.29, 0.717) is 0 Å². The number of fused-ring (bicyclic) bond motifs is 3. The van der Waals surface area contributed by atoms with Crippen LogP contribution in [0.3, 0.4) is 0 Å². The van der Waals surface area contributed by atoms with Gasteiger partial charge in [0, 0.05) is 5.69 Å². The molecule has 48 heavy (non-hydrogen) atoms. The smallest absolute Gasteiger partial charge is 0.0535 e. The van der Waals surface area contributed by atoms with E-state index in [0.717, 1.165) is 5.69 Å². The number of hydrogen-bond donors (Lipinski definition) is 0. The highest BCUT2D eigenvalue weighted by atomic mass is 15.0. The molecule has 0 saturated heterocycles. The summed E-state index contributed by atoms with van der Waals surface area (Å²) in [5.41, 5.74) is 12.1. The van der Waals surface area contributed by atoms with E-state index in [1.807, 2.05) is 0 Å². The minimum Gasteiger partial charge on any atom is -0.309 e. The first kappa shape index (κ1) is 28.1. The lowest BCUT2D eigenvalue weighted by Crippen LogP contribution is -2.00. The molecule has 9 aromatic rings. The Kier molecular flexibility index (Phi) is 6.76. The van der Waals surface area contributed by atoms with Gasteiger partial charge in [-0.3, -0.25) is 0 Å². The summed E-state index contributed by atoms with van der Waals surface area (Å²) in [7, 11) is 0. The summed E-state index contributed by atoms with van der Waals surface area (Å²) in [4.78, 5) is 0. The molecule has 8 aromatic carbocycles. The average Bonchev–Trinajstić information content (AvgIpc) is 3.60. The normalized spacial score (nSPS) is 11.4. The number of benzene rings is 8. The third-order valence-electron chi connectivity index (χ3n) is 9.68. The van der Waals surface area contributed by atoms with Crippen molar-refractivity contribution in [3.05, 3.63) is 188 Å². The fourth-order valence-electron chi connectivity index (χ4n) is 7.45. The Labute approximate surface area is 281 Å². The maximum absolute atomic E-state index is 2.43. The van der Waals surface area contributed by atoms with Gasteiger partial charge in [-0.25, -0.2) is 0 Å². The maximum atomic E-state index is 2.43. The molecule has 0 aliphatic rings. The Morgan fingerprint density at radius 3 is 1.56 bits per heavy atom. The largest absolute Gasteiger partial charge is 0.309 e. The molecule has 0 atom stereocenters. The second-order valence-electron chi connectivity index (χ2n) is 12.6. The third-order valence-corrected chi connectivity index (χ3v) is 9.68. The molecule has 0 spiro atoms. The van der Waals surface area contributed by atoms with Gasteiger partial charge < -0.3 is 4.57 Å². The van der Waals surface area contributed by atoms with Crippen LogP contribution in [-0.4, -0.2) is 4.57 Å². The first-order valence-electron chi connectivity index (χ1n) is 16.6. The Morgan fingerprint density at radius 2 is 0.896 bits per heavy atom. The predicted molar refractivity (Wildman–Crippen MR) is 205 cm³/mol. The van der Waals surface area contributed by atoms with Crippen LogP contribution < -0.4 is 0 Å². The van der Waals surface area contributed by atoms with Crippen molar-refractivity contribution in [1.82, 2.24) is 4.57 Å². The molecule has 1 heterocycles. The summed E-state index contributed by atoms with van der Waals surface area (Å²) in [6.45, 7) is 2.16. The van der Waals surface area contributed by atoms with Gasteiger partial charge in [0.05, 0.1) is 11.4 Å². The highest BCUT2D eigenvalue weighted by molar-refractivity contribution is 6.23. The van der Waals surface area contributed by atoms with Gasteiger partial charge in [0.2, 0.25) is 0 Å². The lowest BCUT2D eigenvalue weighted by Gasteiger charge is -2.21. The predicted octanol–water partition coefficient (Wildman–Crippen LogP) is 12.9. The lowest BCUT2D eigenvalue weighted by molar-refractivity contribution is 1.10. The SMILES string of the molecule is Cc1ccc(-c2c3ccccc3c(-c3cccc4ccccc34)c3ccc(-n4c(-c5ccccc5)ccc4-c4ccccc4)cc23)cc1.